The standard InChI is InChI=1S/C26H22N2O6S2/c1-4-33-24(31)18-13(3)22(25(32)34-5-2)36-23(18)28-26(35)27-17-12-8-11-16-19(17)21(30)15-10-7-6-9-14(15)20(16)29/h6-12H,4-5H2,1-3H3,(H2,27,28,35). The number of rotatable bonds is 6. The van der Waals surface area contributed by atoms with E-state index in [0.717, 1.165) is 11.3 Å². The van der Waals surface area contributed by atoms with Crippen LogP contribution < -0.4 is 10.6 Å². The van der Waals surface area contributed by atoms with Crippen LogP contribution in [0.1, 0.15) is 71.3 Å². The van der Waals surface area contributed by atoms with Crippen molar-refractivity contribution in [1.29, 1.82) is 0 Å². The number of fused-ring (bicyclic) bond motifs is 2. The Balaban J connectivity index is 1.66. The summed E-state index contributed by atoms with van der Waals surface area (Å²) in [7, 11) is 0. The first-order valence-corrected chi connectivity index (χ1v) is 12.4. The van der Waals surface area contributed by atoms with E-state index in [1.165, 1.54) is 0 Å². The molecule has 184 valence electrons. The zero-order chi connectivity index (χ0) is 26.0. The molecule has 10 heteroatoms. The second-order valence-corrected chi connectivity index (χ2v) is 9.14. The Labute approximate surface area is 216 Å². The minimum atomic E-state index is -0.610. The molecule has 36 heavy (non-hydrogen) atoms. The van der Waals surface area contributed by atoms with Crippen LogP contribution in [-0.4, -0.2) is 41.8 Å². The van der Waals surface area contributed by atoms with Gasteiger partial charge in [-0.25, -0.2) is 9.59 Å². The van der Waals surface area contributed by atoms with E-state index >= 15 is 0 Å². The highest BCUT2D eigenvalue weighted by molar-refractivity contribution is 7.80. The third-order valence-corrected chi connectivity index (χ3v) is 6.91. The molecular formula is C26H22N2O6S2. The Morgan fingerprint density at radius 1 is 0.861 bits per heavy atom. The molecule has 0 bridgehead atoms. The van der Waals surface area contributed by atoms with E-state index in [9.17, 15) is 19.2 Å². The molecule has 4 rings (SSSR count). The smallest absolute Gasteiger partial charge is 0.348 e. The lowest BCUT2D eigenvalue weighted by atomic mass is 9.83. The summed E-state index contributed by atoms with van der Waals surface area (Å²) in [6, 6.07) is 11.5. The lowest BCUT2D eigenvalue weighted by Gasteiger charge is -2.21. The van der Waals surface area contributed by atoms with Crippen LogP contribution in [0.25, 0.3) is 0 Å². The molecular weight excluding hydrogens is 500 g/mol. The van der Waals surface area contributed by atoms with Crippen molar-refractivity contribution in [3.8, 4) is 0 Å². The number of ketones is 2. The summed E-state index contributed by atoms with van der Waals surface area (Å²) in [5.74, 6) is -1.71. The van der Waals surface area contributed by atoms with Crippen LogP contribution >= 0.6 is 23.6 Å². The quantitative estimate of drug-likeness (QED) is 0.267. The summed E-state index contributed by atoms with van der Waals surface area (Å²) < 4.78 is 10.3. The van der Waals surface area contributed by atoms with E-state index in [2.05, 4.69) is 10.6 Å². The van der Waals surface area contributed by atoms with Gasteiger partial charge in [0.15, 0.2) is 16.7 Å². The summed E-state index contributed by atoms with van der Waals surface area (Å²) in [4.78, 5) is 51.6. The van der Waals surface area contributed by atoms with Crippen LogP contribution in [0.5, 0.6) is 0 Å². The number of anilines is 2. The zero-order valence-corrected chi connectivity index (χ0v) is 21.4. The van der Waals surface area contributed by atoms with Crippen molar-refractivity contribution in [2.75, 3.05) is 23.8 Å². The Bertz CT molecular complexity index is 1430. The van der Waals surface area contributed by atoms with Gasteiger partial charge in [-0.05, 0) is 44.6 Å². The number of nitrogens with one attached hydrogen (secondary N) is 2. The Morgan fingerprint density at radius 2 is 1.47 bits per heavy atom. The molecule has 0 radical (unpaired) electrons. The zero-order valence-electron chi connectivity index (χ0n) is 19.7. The molecule has 0 amide bonds. The van der Waals surface area contributed by atoms with Gasteiger partial charge in [0.1, 0.15) is 9.88 Å². The number of thiocarbonyl (C=S) groups is 1. The summed E-state index contributed by atoms with van der Waals surface area (Å²) in [5, 5.41) is 6.27. The maximum Gasteiger partial charge on any atom is 0.348 e. The van der Waals surface area contributed by atoms with E-state index < -0.39 is 11.9 Å². The van der Waals surface area contributed by atoms with Gasteiger partial charge in [0.05, 0.1) is 30.0 Å². The predicted octanol–water partition coefficient (Wildman–Crippen LogP) is 4.99. The number of hydrogen-bond donors (Lipinski definition) is 2. The molecule has 1 aliphatic carbocycles. The minimum Gasteiger partial charge on any atom is -0.462 e. The number of ether oxygens (including phenoxy) is 2. The molecule has 2 N–H and O–H groups in total. The van der Waals surface area contributed by atoms with Crippen molar-refractivity contribution in [3.63, 3.8) is 0 Å². The van der Waals surface area contributed by atoms with Gasteiger partial charge in [0, 0.05) is 16.7 Å². The summed E-state index contributed by atoms with van der Waals surface area (Å²) in [5.41, 5.74) is 2.09. The highest BCUT2D eigenvalue weighted by Crippen LogP contribution is 2.35. The fourth-order valence-corrected chi connectivity index (χ4v) is 5.32. The molecule has 2 aromatic carbocycles. The Morgan fingerprint density at radius 3 is 2.14 bits per heavy atom. The number of hydrogen-bond acceptors (Lipinski definition) is 8. The third kappa shape index (κ3) is 4.52. The van der Waals surface area contributed by atoms with E-state index in [1.54, 1.807) is 63.2 Å². The van der Waals surface area contributed by atoms with Gasteiger partial charge >= 0.3 is 11.9 Å². The van der Waals surface area contributed by atoms with Gasteiger partial charge in [0.2, 0.25) is 0 Å². The van der Waals surface area contributed by atoms with E-state index in [1.807, 2.05) is 0 Å². The SMILES string of the molecule is CCOC(=O)c1sc(NC(=S)Nc2cccc3c2C(=O)c2ccccc2C3=O)c(C(=O)OCC)c1C. The average molecular weight is 523 g/mol. The maximum atomic E-state index is 13.2. The fraction of sp³-hybridized carbons (Fsp3) is 0.192. The van der Waals surface area contributed by atoms with Gasteiger partial charge in [-0.1, -0.05) is 36.4 Å². The van der Waals surface area contributed by atoms with Crippen molar-refractivity contribution < 1.29 is 28.7 Å². The molecule has 0 saturated heterocycles. The minimum absolute atomic E-state index is 0.0599. The first kappa shape index (κ1) is 25.2. The van der Waals surface area contributed by atoms with Crippen LogP contribution in [0.3, 0.4) is 0 Å². The Hall–Kier alpha value is -3.89. The van der Waals surface area contributed by atoms with Gasteiger partial charge < -0.3 is 20.1 Å². The first-order valence-electron chi connectivity index (χ1n) is 11.2. The number of carbonyl (C=O) groups excluding carboxylic acids is 4. The molecule has 0 unspecified atom stereocenters. The van der Waals surface area contributed by atoms with Crippen LogP contribution in [0, 0.1) is 6.92 Å². The monoisotopic (exact) mass is 522 g/mol. The van der Waals surface area contributed by atoms with Gasteiger partial charge in [-0.2, -0.15) is 0 Å². The molecule has 0 fully saturated rings. The normalized spacial score (nSPS) is 11.9. The van der Waals surface area contributed by atoms with Crippen molar-refractivity contribution in [2.24, 2.45) is 0 Å². The van der Waals surface area contributed by atoms with Crippen LogP contribution in [-0.2, 0) is 9.47 Å². The maximum absolute atomic E-state index is 13.2. The van der Waals surface area contributed by atoms with Gasteiger partial charge in [-0.15, -0.1) is 11.3 Å². The van der Waals surface area contributed by atoms with Crippen LogP contribution in [0.2, 0.25) is 0 Å². The fourth-order valence-electron chi connectivity index (χ4n) is 3.95. The molecule has 0 aliphatic heterocycles. The van der Waals surface area contributed by atoms with E-state index in [4.69, 9.17) is 21.7 Å². The second-order valence-electron chi connectivity index (χ2n) is 7.71. The lowest BCUT2D eigenvalue weighted by molar-refractivity contribution is 0.0527. The largest absolute Gasteiger partial charge is 0.462 e. The summed E-state index contributed by atoms with van der Waals surface area (Å²) in [6.07, 6.45) is 0. The highest BCUT2D eigenvalue weighted by atomic mass is 32.1. The average Bonchev–Trinajstić information content (AvgIpc) is 3.18. The molecule has 1 heterocycles. The topological polar surface area (TPSA) is 111 Å². The molecule has 8 nitrogen and oxygen atoms in total. The van der Waals surface area contributed by atoms with E-state index in [0.29, 0.717) is 27.4 Å². The van der Waals surface area contributed by atoms with Crippen molar-refractivity contribution in [1.82, 2.24) is 0 Å². The highest BCUT2D eigenvalue weighted by Gasteiger charge is 2.32. The third-order valence-electron chi connectivity index (χ3n) is 5.51. The molecule has 0 saturated carbocycles. The lowest BCUT2D eigenvalue weighted by Crippen LogP contribution is -2.25. The van der Waals surface area contributed by atoms with Crippen molar-refractivity contribution >= 4 is 62.9 Å². The van der Waals surface area contributed by atoms with Gasteiger partial charge in [0.25, 0.3) is 0 Å². The second kappa shape index (κ2) is 10.4. The molecule has 0 spiro atoms. The van der Waals surface area contributed by atoms with Crippen LogP contribution in [0.15, 0.2) is 42.5 Å². The first-order chi connectivity index (χ1) is 17.3. The van der Waals surface area contributed by atoms with Crippen molar-refractivity contribution in [2.45, 2.75) is 20.8 Å². The van der Waals surface area contributed by atoms with Gasteiger partial charge in [-0.3, -0.25) is 9.59 Å². The number of carbonyl (C=O) groups is 4. The van der Waals surface area contributed by atoms with Crippen molar-refractivity contribution in [3.05, 3.63) is 80.7 Å². The Kier molecular flexibility index (Phi) is 7.27. The molecule has 1 aromatic heterocycles. The molecule has 3 aromatic rings. The molecule has 1 aliphatic rings. The number of esters is 2. The van der Waals surface area contributed by atoms with E-state index in [-0.39, 0.29) is 51.5 Å². The summed E-state index contributed by atoms with van der Waals surface area (Å²) >= 11 is 6.48. The molecule has 0 atom stereocenters. The summed E-state index contributed by atoms with van der Waals surface area (Å²) in [6.45, 7) is 5.34. The number of benzene rings is 2. The number of thiophene rings is 1. The van der Waals surface area contributed by atoms with Crippen LogP contribution in [0.4, 0.5) is 10.7 Å². The predicted molar refractivity (Wildman–Crippen MR) is 141 cm³/mol.